The Labute approximate surface area is 273 Å². The van der Waals surface area contributed by atoms with Crippen molar-refractivity contribution in [2.45, 2.75) is 109 Å². The molecule has 2 aromatic heterocycles. The van der Waals surface area contributed by atoms with Crippen LogP contribution in [0.4, 0.5) is 11.6 Å². The SMILES string of the molecule is C[C@H](COC(C)(C)C(=O)OC(C)(C)C)N[C@H]1CC[C@H](Nc2cc(-c3cccc(NCC4(C#N)CCOCC4)n3)c(Cl)cn2)CC1. The predicted molar refractivity (Wildman–Crippen MR) is 177 cm³/mol. The molecule has 10 nitrogen and oxygen atoms in total. The summed E-state index contributed by atoms with van der Waals surface area (Å²) in [6.45, 7) is 13.3. The van der Waals surface area contributed by atoms with Gasteiger partial charge in [-0.1, -0.05) is 17.7 Å². The first-order valence-electron chi connectivity index (χ1n) is 16.0. The minimum absolute atomic E-state index is 0.0987. The van der Waals surface area contributed by atoms with Crippen molar-refractivity contribution in [1.29, 1.82) is 5.26 Å². The second kappa shape index (κ2) is 15.1. The highest BCUT2D eigenvalue weighted by atomic mass is 35.5. The summed E-state index contributed by atoms with van der Waals surface area (Å²) in [5.74, 6) is 1.12. The van der Waals surface area contributed by atoms with Crippen LogP contribution in [-0.4, -0.2) is 71.6 Å². The van der Waals surface area contributed by atoms with Crippen LogP contribution in [0.1, 0.15) is 80.1 Å². The van der Waals surface area contributed by atoms with E-state index < -0.39 is 16.6 Å². The standard InChI is InChI=1S/C34H49ClN6O4/c1-23(20-44-33(5,6)31(42)45-32(2,3)4)39-24-10-12-25(13-11-24)40-30-18-26(27(35)19-37-30)28-8-7-9-29(41-28)38-22-34(21-36)14-16-43-17-15-34/h7-9,18-19,23-25,39H,10-17,20,22H2,1-6H3,(H,37,40)(H,38,41)/t23-,24-,25-/m1/s1. The summed E-state index contributed by atoms with van der Waals surface area (Å²) in [6.07, 6.45) is 7.12. The van der Waals surface area contributed by atoms with Crippen molar-refractivity contribution in [2.75, 3.05) is 37.0 Å². The molecule has 0 radical (unpaired) electrons. The highest BCUT2D eigenvalue weighted by molar-refractivity contribution is 6.33. The van der Waals surface area contributed by atoms with Crippen LogP contribution in [0, 0.1) is 16.7 Å². The Balaban J connectivity index is 1.27. The normalized spacial score (nSPS) is 20.9. The maximum atomic E-state index is 12.5. The smallest absolute Gasteiger partial charge is 0.338 e. The number of halogens is 1. The van der Waals surface area contributed by atoms with Crippen LogP contribution in [0.15, 0.2) is 30.5 Å². The molecule has 0 bridgehead atoms. The van der Waals surface area contributed by atoms with Gasteiger partial charge in [0, 0.05) is 49.6 Å². The van der Waals surface area contributed by atoms with Gasteiger partial charge in [0.1, 0.15) is 17.2 Å². The summed E-state index contributed by atoms with van der Waals surface area (Å²) in [4.78, 5) is 21.8. The van der Waals surface area contributed by atoms with Gasteiger partial charge in [0.25, 0.3) is 0 Å². The van der Waals surface area contributed by atoms with E-state index in [9.17, 15) is 10.1 Å². The van der Waals surface area contributed by atoms with Crippen molar-refractivity contribution in [1.82, 2.24) is 15.3 Å². The van der Waals surface area contributed by atoms with Crippen LogP contribution in [-0.2, 0) is 19.0 Å². The first kappa shape index (κ1) is 34.9. The molecule has 4 rings (SSSR count). The Morgan fingerprint density at radius 3 is 2.49 bits per heavy atom. The molecule has 0 aromatic carbocycles. The molecule has 1 saturated heterocycles. The van der Waals surface area contributed by atoms with Crippen LogP contribution in [0.3, 0.4) is 0 Å². The number of ether oxygens (including phenoxy) is 3. The Morgan fingerprint density at radius 1 is 1.13 bits per heavy atom. The lowest BCUT2D eigenvalue weighted by atomic mass is 9.82. The van der Waals surface area contributed by atoms with Crippen molar-refractivity contribution < 1.29 is 19.0 Å². The zero-order valence-electron chi connectivity index (χ0n) is 27.5. The molecule has 3 heterocycles. The van der Waals surface area contributed by atoms with Crippen LogP contribution in [0.2, 0.25) is 5.02 Å². The highest BCUT2D eigenvalue weighted by Gasteiger charge is 2.35. The molecule has 2 aromatic rings. The molecule has 0 unspecified atom stereocenters. The number of rotatable bonds is 12. The largest absolute Gasteiger partial charge is 0.458 e. The Hall–Kier alpha value is -2.97. The topological polar surface area (TPSA) is 130 Å². The molecule has 2 aliphatic rings. The maximum absolute atomic E-state index is 12.5. The lowest BCUT2D eigenvalue weighted by Crippen LogP contribution is -2.46. The van der Waals surface area contributed by atoms with Crippen LogP contribution < -0.4 is 16.0 Å². The van der Waals surface area contributed by atoms with Gasteiger partial charge < -0.3 is 30.2 Å². The van der Waals surface area contributed by atoms with Crippen LogP contribution in [0.25, 0.3) is 11.3 Å². The number of esters is 1. The first-order valence-corrected chi connectivity index (χ1v) is 16.4. The van der Waals surface area contributed by atoms with Crippen molar-refractivity contribution in [3.05, 3.63) is 35.5 Å². The number of hydrogen-bond acceptors (Lipinski definition) is 10. The third-order valence-electron chi connectivity index (χ3n) is 8.36. The zero-order valence-corrected chi connectivity index (χ0v) is 28.3. The molecule has 0 amide bonds. The van der Waals surface area contributed by atoms with Gasteiger partial charge in [-0.2, -0.15) is 5.26 Å². The molecule has 1 aliphatic carbocycles. The van der Waals surface area contributed by atoms with Crippen molar-refractivity contribution in [3.8, 4) is 17.3 Å². The Morgan fingerprint density at radius 2 is 1.82 bits per heavy atom. The van der Waals surface area contributed by atoms with E-state index in [1.54, 1.807) is 20.0 Å². The van der Waals surface area contributed by atoms with Gasteiger partial charge in [0.15, 0.2) is 5.60 Å². The van der Waals surface area contributed by atoms with Gasteiger partial charge in [-0.3, -0.25) is 0 Å². The molecule has 1 saturated carbocycles. The fourth-order valence-corrected chi connectivity index (χ4v) is 5.80. The van der Waals surface area contributed by atoms with Crippen molar-refractivity contribution in [3.63, 3.8) is 0 Å². The number of aromatic nitrogens is 2. The van der Waals surface area contributed by atoms with E-state index in [2.05, 4.69) is 33.9 Å². The van der Waals surface area contributed by atoms with Crippen molar-refractivity contribution in [2.24, 2.45) is 5.41 Å². The lowest BCUT2D eigenvalue weighted by molar-refractivity contribution is -0.180. The van der Waals surface area contributed by atoms with E-state index in [-0.39, 0.29) is 12.0 Å². The van der Waals surface area contributed by atoms with Crippen LogP contribution >= 0.6 is 11.6 Å². The number of carbonyl (C=O) groups is 1. The summed E-state index contributed by atoms with van der Waals surface area (Å²) >= 11 is 6.58. The fourth-order valence-electron chi connectivity index (χ4n) is 5.60. The van der Waals surface area contributed by atoms with Gasteiger partial charge >= 0.3 is 5.97 Å². The molecular weight excluding hydrogens is 592 g/mol. The quantitative estimate of drug-likeness (QED) is 0.225. The Bertz CT molecular complexity index is 1330. The minimum Gasteiger partial charge on any atom is -0.458 e. The lowest BCUT2D eigenvalue weighted by Gasteiger charge is -2.33. The molecule has 3 N–H and O–H groups in total. The number of hydrogen-bond donors (Lipinski definition) is 3. The fraction of sp³-hybridized carbons (Fsp3) is 0.647. The summed E-state index contributed by atoms with van der Waals surface area (Å²) in [5, 5.41) is 20.9. The van der Waals surface area contributed by atoms with Gasteiger partial charge in [-0.05, 0) is 98.3 Å². The second-order valence-corrected chi connectivity index (χ2v) is 14.3. The first-order chi connectivity index (χ1) is 21.3. The monoisotopic (exact) mass is 640 g/mol. The van der Waals surface area contributed by atoms with Crippen molar-refractivity contribution >= 4 is 29.2 Å². The number of nitrogens with zero attached hydrogens (tertiary/aromatic N) is 3. The number of nitriles is 1. The molecule has 1 aliphatic heterocycles. The Kier molecular flexibility index (Phi) is 11.7. The molecule has 45 heavy (non-hydrogen) atoms. The average molecular weight is 641 g/mol. The van der Waals surface area contributed by atoms with E-state index in [4.69, 9.17) is 30.8 Å². The summed E-state index contributed by atoms with van der Waals surface area (Å²) in [5.41, 5.74) is -0.455. The predicted octanol–water partition coefficient (Wildman–Crippen LogP) is 6.37. The molecule has 11 heteroatoms. The summed E-state index contributed by atoms with van der Waals surface area (Å²) in [7, 11) is 0. The van der Waals surface area contributed by atoms with E-state index in [0.29, 0.717) is 62.1 Å². The number of carbonyl (C=O) groups excluding carboxylic acids is 1. The third-order valence-corrected chi connectivity index (χ3v) is 8.66. The molecule has 246 valence electrons. The zero-order chi connectivity index (χ0) is 32.7. The molecule has 0 spiro atoms. The van der Waals surface area contributed by atoms with Crippen LogP contribution in [0.5, 0.6) is 0 Å². The molecule has 1 atom stereocenters. The number of nitrogens with one attached hydrogen (secondary N) is 3. The minimum atomic E-state index is -1.01. The number of pyridine rings is 2. The van der Waals surface area contributed by atoms with Gasteiger partial charge in [0.2, 0.25) is 0 Å². The third kappa shape index (κ3) is 10.3. The maximum Gasteiger partial charge on any atom is 0.338 e. The van der Waals surface area contributed by atoms with Gasteiger partial charge in [-0.25, -0.2) is 14.8 Å². The highest BCUT2D eigenvalue weighted by Crippen LogP contribution is 2.32. The second-order valence-electron chi connectivity index (χ2n) is 13.9. The molecule has 2 fully saturated rings. The molecular formula is C34H49ClN6O4. The van der Waals surface area contributed by atoms with E-state index in [0.717, 1.165) is 42.8 Å². The summed E-state index contributed by atoms with van der Waals surface area (Å²) in [6, 6.07) is 11.0. The average Bonchev–Trinajstić information content (AvgIpc) is 3.01. The van der Waals surface area contributed by atoms with Gasteiger partial charge in [-0.15, -0.1) is 0 Å². The van der Waals surface area contributed by atoms with E-state index in [1.807, 2.05) is 45.0 Å². The van der Waals surface area contributed by atoms with E-state index >= 15 is 0 Å². The van der Waals surface area contributed by atoms with Gasteiger partial charge in [0.05, 0.1) is 28.8 Å². The number of anilines is 2. The van der Waals surface area contributed by atoms with E-state index in [1.165, 1.54) is 0 Å². The summed E-state index contributed by atoms with van der Waals surface area (Å²) < 4.78 is 16.9.